The third-order valence-electron chi connectivity index (χ3n) is 3.70. The van der Waals surface area contributed by atoms with Crippen LogP contribution in [0.3, 0.4) is 0 Å². The largest absolute Gasteiger partial charge is 0.314 e. The molecule has 1 aliphatic heterocycles. The summed E-state index contributed by atoms with van der Waals surface area (Å²) in [7, 11) is 0. The predicted molar refractivity (Wildman–Crippen MR) is 73.6 cm³/mol. The SMILES string of the molecule is Cc1ccc(C(C)CN2CCNCC2)c(C)c1. The van der Waals surface area contributed by atoms with Crippen molar-refractivity contribution in [2.75, 3.05) is 32.7 Å². The summed E-state index contributed by atoms with van der Waals surface area (Å²) in [5.74, 6) is 0.633. The van der Waals surface area contributed by atoms with E-state index >= 15 is 0 Å². The van der Waals surface area contributed by atoms with E-state index in [9.17, 15) is 0 Å². The lowest BCUT2D eigenvalue weighted by atomic mass is 9.94. The Morgan fingerprint density at radius 1 is 1.24 bits per heavy atom. The summed E-state index contributed by atoms with van der Waals surface area (Å²) >= 11 is 0. The summed E-state index contributed by atoms with van der Waals surface area (Å²) in [6, 6.07) is 6.83. The molecule has 1 aliphatic rings. The molecule has 0 radical (unpaired) electrons. The smallest absolute Gasteiger partial charge is 0.0108 e. The highest BCUT2D eigenvalue weighted by Crippen LogP contribution is 2.21. The molecule has 0 bridgehead atoms. The van der Waals surface area contributed by atoms with Crippen LogP contribution in [-0.4, -0.2) is 37.6 Å². The molecule has 0 amide bonds. The molecular weight excluding hydrogens is 208 g/mol. The molecule has 1 fully saturated rings. The van der Waals surface area contributed by atoms with Gasteiger partial charge in [-0.3, -0.25) is 0 Å². The van der Waals surface area contributed by atoms with Crippen LogP contribution in [0.2, 0.25) is 0 Å². The molecule has 1 saturated heterocycles. The van der Waals surface area contributed by atoms with Crippen LogP contribution < -0.4 is 5.32 Å². The zero-order chi connectivity index (χ0) is 12.3. The number of aryl methyl sites for hydroxylation is 2. The summed E-state index contributed by atoms with van der Waals surface area (Å²) in [4.78, 5) is 2.57. The van der Waals surface area contributed by atoms with Crippen molar-refractivity contribution in [3.63, 3.8) is 0 Å². The molecule has 0 spiro atoms. The van der Waals surface area contributed by atoms with Gasteiger partial charge in [0.1, 0.15) is 0 Å². The molecule has 1 aromatic rings. The molecule has 1 N–H and O–H groups in total. The molecule has 2 nitrogen and oxygen atoms in total. The number of hydrogen-bond donors (Lipinski definition) is 1. The lowest BCUT2D eigenvalue weighted by Gasteiger charge is -2.30. The van der Waals surface area contributed by atoms with Crippen molar-refractivity contribution in [1.29, 1.82) is 0 Å². The minimum absolute atomic E-state index is 0.633. The van der Waals surface area contributed by atoms with Gasteiger partial charge in [0.25, 0.3) is 0 Å². The fraction of sp³-hybridized carbons (Fsp3) is 0.600. The van der Waals surface area contributed by atoms with E-state index in [2.05, 4.69) is 49.2 Å². The molecule has 1 atom stereocenters. The molecular formula is C15H24N2. The molecule has 2 heteroatoms. The first-order valence-electron chi connectivity index (χ1n) is 6.67. The van der Waals surface area contributed by atoms with Gasteiger partial charge < -0.3 is 10.2 Å². The van der Waals surface area contributed by atoms with Crippen molar-refractivity contribution in [2.24, 2.45) is 0 Å². The van der Waals surface area contributed by atoms with Gasteiger partial charge >= 0.3 is 0 Å². The Labute approximate surface area is 105 Å². The van der Waals surface area contributed by atoms with Crippen molar-refractivity contribution in [1.82, 2.24) is 10.2 Å². The first-order chi connectivity index (χ1) is 8.16. The van der Waals surface area contributed by atoms with E-state index < -0.39 is 0 Å². The number of hydrogen-bond acceptors (Lipinski definition) is 2. The zero-order valence-corrected chi connectivity index (χ0v) is 11.3. The monoisotopic (exact) mass is 232 g/mol. The van der Waals surface area contributed by atoms with E-state index in [0.717, 1.165) is 13.1 Å². The van der Waals surface area contributed by atoms with Crippen molar-refractivity contribution in [3.8, 4) is 0 Å². The van der Waals surface area contributed by atoms with E-state index in [1.165, 1.54) is 36.3 Å². The van der Waals surface area contributed by atoms with Gasteiger partial charge in [0, 0.05) is 32.7 Å². The molecule has 1 aromatic carbocycles. The predicted octanol–water partition coefficient (Wildman–Crippen LogP) is 2.31. The van der Waals surface area contributed by atoms with Crippen molar-refractivity contribution in [2.45, 2.75) is 26.7 Å². The van der Waals surface area contributed by atoms with E-state index in [-0.39, 0.29) is 0 Å². The van der Waals surface area contributed by atoms with Gasteiger partial charge in [-0.25, -0.2) is 0 Å². The third kappa shape index (κ3) is 3.30. The molecule has 17 heavy (non-hydrogen) atoms. The Kier molecular flexibility index (Phi) is 4.19. The highest BCUT2D eigenvalue weighted by molar-refractivity contribution is 5.32. The van der Waals surface area contributed by atoms with Crippen molar-refractivity contribution in [3.05, 3.63) is 34.9 Å². The van der Waals surface area contributed by atoms with Gasteiger partial charge in [-0.2, -0.15) is 0 Å². The van der Waals surface area contributed by atoms with E-state index in [1.54, 1.807) is 0 Å². The van der Waals surface area contributed by atoms with Crippen molar-refractivity contribution < 1.29 is 0 Å². The maximum absolute atomic E-state index is 3.40. The molecule has 0 aliphatic carbocycles. The van der Waals surface area contributed by atoms with Crippen molar-refractivity contribution >= 4 is 0 Å². The Morgan fingerprint density at radius 3 is 2.59 bits per heavy atom. The van der Waals surface area contributed by atoms with Crippen LogP contribution in [0.4, 0.5) is 0 Å². The molecule has 2 rings (SSSR count). The Balaban J connectivity index is 2.00. The lowest BCUT2D eigenvalue weighted by Crippen LogP contribution is -2.44. The van der Waals surface area contributed by atoms with Crippen LogP contribution in [0.5, 0.6) is 0 Å². The van der Waals surface area contributed by atoms with Crippen LogP contribution in [-0.2, 0) is 0 Å². The van der Waals surface area contributed by atoms with Crippen LogP contribution >= 0.6 is 0 Å². The Bertz CT molecular complexity index is 367. The van der Waals surface area contributed by atoms with Crippen LogP contribution in [0.15, 0.2) is 18.2 Å². The standard InChI is InChI=1S/C15H24N2/c1-12-4-5-15(13(2)10-12)14(3)11-17-8-6-16-7-9-17/h4-5,10,14,16H,6-9,11H2,1-3H3. The van der Waals surface area contributed by atoms with Gasteiger partial charge in [0.05, 0.1) is 0 Å². The molecule has 0 aromatic heterocycles. The second kappa shape index (κ2) is 5.65. The van der Waals surface area contributed by atoms with Crippen LogP contribution in [0.25, 0.3) is 0 Å². The van der Waals surface area contributed by atoms with Gasteiger partial charge in [0.2, 0.25) is 0 Å². The topological polar surface area (TPSA) is 15.3 Å². The summed E-state index contributed by atoms with van der Waals surface area (Å²) in [6.07, 6.45) is 0. The average Bonchev–Trinajstić information content (AvgIpc) is 2.30. The number of benzene rings is 1. The second-order valence-electron chi connectivity index (χ2n) is 5.31. The molecule has 0 saturated carbocycles. The highest BCUT2D eigenvalue weighted by Gasteiger charge is 2.15. The molecule has 94 valence electrons. The summed E-state index contributed by atoms with van der Waals surface area (Å²) in [5.41, 5.74) is 4.31. The minimum atomic E-state index is 0.633. The molecule has 1 unspecified atom stereocenters. The zero-order valence-electron chi connectivity index (χ0n) is 11.3. The fourth-order valence-corrected chi connectivity index (χ4v) is 2.76. The average molecular weight is 232 g/mol. The number of nitrogens with one attached hydrogen (secondary N) is 1. The highest BCUT2D eigenvalue weighted by atomic mass is 15.2. The summed E-state index contributed by atoms with van der Waals surface area (Å²) < 4.78 is 0. The molecule has 1 heterocycles. The maximum Gasteiger partial charge on any atom is 0.0108 e. The number of piperazine rings is 1. The fourth-order valence-electron chi connectivity index (χ4n) is 2.76. The second-order valence-corrected chi connectivity index (χ2v) is 5.31. The Hall–Kier alpha value is -0.860. The summed E-state index contributed by atoms with van der Waals surface area (Å²) in [6.45, 7) is 12.6. The number of rotatable bonds is 3. The minimum Gasteiger partial charge on any atom is -0.314 e. The lowest BCUT2D eigenvalue weighted by molar-refractivity contribution is 0.230. The number of nitrogens with zero attached hydrogens (tertiary/aromatic N) is 1. The van der Waals surface area contributed by atoms with Gasteiger partial charge in [-0.15, -0.1) is 0 Å². The van der Waals surface area contributed by atoms with Crippen LogP contribution in [0.1, 0.15) is 29.5 Å². The maximum atomic E-state index is 3.40. The van der Waals surface area contributed by atoms with E-state index in [1.807, 2.05) is 0 Å². The first-order valence-corrected chi connectivity index (χ1v) is 6.67. The van der Waals surface area contributed by atoms with Gasteiger partial charge in [-0.1, -0.05) is 30.7 Å². The van der Waals surface area contributed by atoms with Gasteiger partial charge in [0.15, 0.2) is 0 Å². The Morgan fingerprint density at radius 2 is 1.94 bits per heavy atom. The van der Waals surface area contributed by atoms with E-state index in [0.29, 0.717) is 5.92 Å². The quantitative estimate of drug-likeness (QED) is 0.860. The normalized spacial score (nSPS) is 19.2. The third-order valence-corrected chi connectivity index (χ3v) is 3.70. The first kappa shape index (κ1) is 12.6. The van der Waals surface area contributed by atoms with E-state index in [4.69, 9.17) is 0 Å². The van der Waals surface area contributed by atoms with Crippen LogP contribution in [0, 0.1) is 13.8 Å². The van der Waals surface area contributed by atoms with Gasteiger partial charge in [-0.05, 0) is 30.9 Å². The summed E-state index contributed by atoms with van der Waals surface area (Å²) in [5, 5.41) is 3.40.